The topological polar surface area (TPSA) is 49.3 Å². The Kier molecular flexibility index (Phi) is 3.55. The van der Waals surface area contributed by atoms with Crippen LogP contribution in [-0.4, -0.2) is 11.0 Å². The van der Waals surface area contributed by atoms with E-state index in [2.05, 4.69) is 5.32 Å². The molecule has 2 aromatic carbocycles. The second-order valence-electron chi connectivity index (χ2n) is 5.04. The lowest BCUT2D eigenvalue weighted by atomic mass is 10.1. The lowest BCUT2D eigenvalue weighted by Crippen LogP contribution is -2.28. The summed E-state index contributed by atoms with van der Waals surface area (Å²) in [6, 6.07) is 9.13. The first-order chi connectivity index (χ1) is 10.1. The molecule has 0 heterocycles. The number of rotatable bonds is 2. The first-order valence-electron chi connectivity index (χ1n) is 6.63. The van der Waals surface area contributed by atoms with Gasteiger partial charge in [0.05, 0.1) is 6.04 Å². The van der Waals surface area contributed by atoms with Crippen molar-refractivity contribution in [3.63, 3.8) is 0 Å². The van der Waals surface area contributed by atoms with Crippen LogP contribution in [0, 0.1) is 5.82 Å². The number of phenols is 1. The number of halogens is 2. The Morgan fingerprint density at radius 3 is 2.90 bits per heavy atom. The highest BCUT2D eigenvalue weighted by Gasteiger charge is 2.26. The summed E-state index contributed by atoms with van der Waals surface area (Å²) in [7, 11) is 0. The molecule has 2 aromatic rings. The van der Waals surface area contributed by atoms with Crippen molar-refractivity contribution in [2.24, 2.45) is 0 Å². The van der Waals surface area contributed by atoms with Crippen LogP contribution in [0.25, 0.3) is 0 Å². The molecule has 1 atom stereocenters. The van der Waals surface area contributed by atoms with E-state index in [1.54, 1.807) is 6.07 Å². The highest BCUT2D eigenvalue weighted by atomic mass is 35.5. The molecule has 0 saturated carbocycles. The largest absolute Gasteiger partial charge is 0.507 e. The molecule has 0 saturated heterocycles. The predicted molar refractivity (Wildman–Crippen MR) is 78.0 cm³/mol. The van der Waals surface area contributed by atoms with Gasteiger partial charge in [0.25, 0.3) is 5.91 Å². The number of nitrogens with one attached hydrogen (secondary N) is 1. The number of hydrogen-bond acceptors (Lipinski definition) is 2. The van der Waals surface area contributed by atoms with Gasteiger partial charge in [0.15, 0.2) is 0 Å². The minimum Gasteiger partial charge on any atom is -0.507 e. The Balaban J connectivity index is 1.85. The van der Waals surface area contributed by atoms with Gasteiger partial charge in [0.2, 0.25) is 0 Å². The summed E-state index contributed by atoms with van der Waals surface area (Å²) in [4.78, 5) is 12.2. The van der Waals surface area contributed by atoms with Crippen molar-refractivity contribution in [1.29, 1.82) is 0 Å². The molecule has 1 unspecified atom stereocenters. The average Bonchev–Trinajstić information content (AvgIpc) is 2.80. The molecular weight excluding hydrogens is 293 g/mol. The Morgan fingerprint density at radius 2 is 2.14 bits per heavy atom. The molecule has 1 aliphatic carbocycles. The van der Waals surface area contributed by atoms with Crippen LogP contribution in [0.3, 0.4) is 0 Å². The van der Waals surface area contributed by atoms with Crippen LogP contribution in [-0.2, 0) is 6.42 Å². The van der Waals surface area contributed by atoms with E-state index in [0.29, 0.717) is 5.02 Å². The van der Waals surface area contributed by atoms with Crippen molar-refractivity contribution in [1.82, 2.24) is 5.32 Å². The third kappa shape index (κ3) is 2.59. The van der Waals surface area contributed by atoms with E-state index in [1.807, 2.05) is 12.1 Å². The first-order valence-corrected chi connectivity index (χ1v) is 7.00. The zero-order chi connectivity index (χ0) is 15.0. The van der Waals surface area contributed by atoms with Crippen LogP contribution in [0.15, 0.2) is 36.4 Å². The molecule has 0 spiro atoms. The first kappa shape index (κ1) is 13.9. The molecule has 0 radical (unpaired) electrons. The van der Waals surface area contributed by atoms with Crippen molar-refractivity contribution >= 4 is 17.5 Å². The second kappa shape index (κ2) is 5.37. The van der Waals surface area contributed by atoms with Gasteiger partial charge in [0.1, 0.15) is 17.1 Å². The van der Waals surface area contributed by atoms with E-state index in [0.717, 1.165) is 30.0 Å². The lowest BCUT2D eigenvalue weighted by molar-refractivity contribution is 0.0929. The third-order valence-corrected chi connectivity index (χ3v) is 3.94. The summed E-state index contributed by atoms with van der Waals surface area (Å²) in [6.45, 7) is 0. The molecule has 0 aliphatic heterocycles. The van der Waals surface area contributed by atoms with E-state index in [1.165, 1.54) is 12.1 Å². The molecule has 21 heavy (non-hydrogen) atoms. The fourth-order valence-corrected chi connectivity index (χ4v) is 2.90. The van der Waals surface area contributed by atoms with Crippen molar-refractivity contribution in [3.8, 4) is 5.75 Å². The molecule has 0 bridgehead atoms. The number of aryl methyl sites for hydroxylation is 1. The predicted octanol–water partition coefficient (Wildman–Crippen LogP) is 3.60. The molecule has 0 aromatic heterocycles. The quantitative estimate of drug-likeness (QED) is 0.890. The number of carbonyl (C=O) groups is 1. The molecule has 1 aliphatic rings. The number of amides is 1. The summed E-state index contributed by atoms with van der Waals surface area (Å²) in [5.41, 5.74) is 1.76. The van der Waals surface area contributed by atoms with Crippen molar-refractivity contribution in [3.05, 3.63) is 63.9 Å². The zero-order valence-corrected chi connectivity index (χ0v) is 11.8. The summed E-state index contributed by atoms with van der Waals surface area (Å²) < 4.78 is 13.7. The van der Waals surface area contributed by atoms with Gasteiger partial charge >= 0.3 is 0 Å². The Hall–Kier alpha value is -2.07. The fraction of sp³-hybridized carbons (Fsp3) is 0.188. The number of phenolic OH excluding ortho intramolecular Hbond substituents is 1. The Bertz CT molecular complexity index is 697. The van der Waals surface area contributed by atoms with Gasteiger partial charge in [-0.15, -0.1) is 0 Å². The van der Waals surface area contributed by atoms with Gasteiger partial charge in [0, 0.05) is 5.02 Å². The van der Waals surface area contributed by atoms with Gasteiger partial charge in [-0.1, -0.05) is 23.7 Å². The summed E-state index contributed by atoms with van der Waals surface area (Å²) in [5.74, 6) is -1.71. The Morgan fingerprint density at radius 1 is 1.33 bits per heavy atom. The van der Waals surface area contributed by atoms with Crippen molar-refractivity contribution < 1.29 is 14.3 Å². The molecule has 0 fully saturated rings. The van der Waals surface area contributed by atoms with Gasteiger partial charge < -0.3 is 10.4 Å². The normalized spacial score (nSPS) is 16.6. The number of aromatic hydroxyl groups is 1. The van der Waals surface area contributed by atoms with E-state index in [4.69, 9.17) is 11.6 Å². The van der Waals surface area contributed by atoms with Crippen LogP contribution in [0.4, 0.5) is 4.39 Å². The zero-order valence-electron chi connectivity index (χ0n) is 11.1. The summed E-state index contributed by atoms with van der Waals surface area (Å²) in [5, 5.41) is 13.1. The van der Waals surface area contributed by atoms with Crippen molar-refractivity contribution in [2.75, 3.05) is 0 Å². The molecule has 108 valence electrons. The SMILES string of the molecule is O=C(NC1CCc2cc(Cl)ccc21)c1c(O)cccc1F. The number of hydrogen-bond donors (Lipinski definition) is 2. The number of benzene rings is 2. The highest BCUT2D eigenvalue weighted by Crippen LogP contribution is 2.33. The number of carbonyl (C=O) groups excluding carboxylic acids is 1. The molecule has 5 heteroatoms. The van der Waals surface area contributed by atoms with Crippen LogP contribution >= 0.6 is 11.6 Å². The van der Waals surface area contributed by atoms with Crippen LogP contribution in [0.5, 0.6) is 5.75 Å². The Labute approximate surface area is 126 Å². The minimum atomic E-state index is -0.734. The van der Waals surface area contributed by atoms with E-state index in [-0.39, 0.29) is 17.4 Å². The van der Waals surface area contributed by atoms with Crippen LogP contribution in [0.2, 0.25) is 5.02 Å². The van der Waals surface area contributed by atoms with Gasteiger partial charge in [-0.3, -0.25) is 4.79 Å². The monoisotopic (exact) mass is 305 g/mol. The van der Waals surface area contributed by atoms with E-state index >= 15 is 0 Å². The molecule has 3 nitrogen and oxygen atoms in total. The number of fused-ring (bicyclic) bond motifs is 1. The van der Waals surface area contributed by atoms with Crippen LogP contribution in [0.1, 0.15) is 33.9 Å². The minimum absolute atomic E-state index is 0.191. The molecule has 3 rings (SSSR count). The molecular formula is C16H13ClFNO2. The second-order valence-corrected chi connectivity index (χ2v) is 5.48. The van der Waals surface area contributed by atoms with Gasteiger partial charge in [-0.2, -0.15) is 0 Å². The summed E-state index contributed by atoms with van der Waals surface area (Å²) in [6.07, 6.45) is 1.54. The van der Waals surface area contributed by atoms with E-state index < -0.39 is 11.7 Å². The van der Waals surface area contributed by atoms with Crippen LogP contribution < -0.4 is 5.32 Å². The van der Waals surface area contributed by atoms with Gasteiger partial charge in [-0.25, -0.2) is 4.39 Å². The molecule has 1 amide bonds. The maximum absolute atomic E-state index is 13.7. The smallest absolute Gasteiger partial charge is 0.258 e. The average molecular weight is 306 g/mol. The molecule has 2 N–H and O–H groups in total. The highest BCUT2D eigenvalue weighted by molar-refractivity contribution is 6.30. The third-order valence-electron chi connectivity index (χ3n) is 3.71. The van der Waals surface area contributed by atoms with Gasteiger partial charge in [-0.05, 0) is 48.2 Å². The standard InChI is InChI=1S/C16H13ClFNO2/c17-10-5-6-11-9(8-10)4-7-13(11)19-16(21)15-12(18)2-1-3-14(15)20/h1-3,5-6,8,13,20H,4,7H2,(H,19,21). The fourth-order valence-electron chi connectivity index (χ4n) is 2.70. The summed E-state index contributed by atoms with van der Waals surface area (Å²) >= 11 is 5.94. The lowest BCUT2D eigenvalue weighted by Gasteiger charge is -2.15. The van der Waals surface area contributed by atoms with Crippen molar-refractivity contribution in [2.45, 2.75) is 18.9 Å². The van der Waals surface area contributed by atoms with E-state index in [9.17, 15) is 14.3 Å². The maximum Gasteiger partial charge on any atom is 0.258 e. The maximum atomic E-state index is 13.7.